The highest BCUT2D eigenvalue weighted by Gasteiger charge is 2.22. The number of hydrogen-bond acceptors (Lipinski definition) is 5. The van der Waals surface area contributed by atoms with E-state index in [2.05, 4.69) is 37.6 Å². The SMILES string of the molecule is O=C(NC1CCN(c2cnccn2)CC1)c1cccc(CC2CCNCC2)c1. The summed E-state index contributed by atoms with van der Waals surface area (Å²) in [6.07, 6.45) is 10.6. The molecule has 0 unspecified atom stereocenters. The van der Waals surface area contributed by atoms with Crippen LogP contribution in [0.25, 0.3) is 0 Å². The van der Waals surface area contributed by atoms with E-state index in [1.165, 1.54) is 18.4 Å². The molecular formula is C22H29N5O. The van der Waals surface area contributed by atoms with Gasteiger partial charge in [0.05, 0.1) is 6.20 Å². The highest BCUT2D eigenvalue weighted by atomic mass is 16.1. The van der Waals surface area contributed by atoms with Gasteiger partial charge < -0.3 is 15.5 Å². The number of rotatable bonds is 5. The predicted octanol–water partition coefficient (Wildman–Crippen LogP) is 2.42. The molecule has 1 aromatic carbocycles. The molecule has 1 aromatic heterocycles. The van der Waals surface area contributed by atoms with Gasteiger partial charge in [-0.3, -0.25) is 9.78 Å². The molecule has 28 heavy (non-hydrogen) atoms. The van der Waals surface area contributed by atoms with Gasteiger partial charge in [0.1, 0.15) is 5.82 Å². The second-order valence-electron chi connectivity index (χ2n) is 7.90. The third-order valence-electron chi connectivity index (χ3n) is 5.88. The molecule has 2 fully saturated rings. The van der Waals surface area contributed by atoms with Gasteiger partial charge in [-0.1, -0.05) is 12.1 Å². The van der Waals surface area contributed by atoms with Crippen LogP contribution < -0.4 is 15.5 Å². The van der Waals surface area contributed by atoms with Crippen LogP contribution in [-0.4, -0.2) is 48.1 Å². The largest absolute Gasteiger partial charge is 0.355 e. The van der Waals surface area contributed by atoms with E-state index in [0.29, 0.717) is 0 Å². The van der Waals surface area contributed by atoms with Crippen LogP contribution in [-0.2, 0) is 6.42 Å². The van der Waals surface area contributed by atoms with Gasteiger partial charge in [0, 0.05) is 37.1 Å². The highest BCUT2D eigenvalue weighted by molar-refractivity contribution is 5.94. The first-order chi connectivity index (χ1) is 13.8. The fourth-order valence-electron chi connectivity index (χ4n) is 4.23. The first-order valence-corrected chi connectivity index (χ1v) is 10.4. The van der Waals surface area contributed by atoms with E-state index in [4.69, 9.17) is 0 Å². The molecule has 2 saturated heterocycles. The minimum Gasteiger partial charge on any atom is -0.355 e. The molecule has 0 saturated carbocycles. The van der Waals surface area contributed by atoms with Crippen molar-refractivity contribution in [3.8, 4) is 0 Å². The lowest BCUT2D eigenvalue weighted by Gasteiger charge is -2.32. The number of carbonyl (C=O) groups excluding carboxylic acids is 1. The molecule has 6 nitrogen and oxygen atoms in total. The number of amides is 1. The van der Waals surface area contributed by atoms with Crippen molar-refractivity contribution in [3.63, 3.8) is 0 Å². The van der Waals surface area contributed by atoms with Gasteiger partial charge in [-0.2, -0.15) is 0 Å². The van der Waals surface area contributed by atoms with E-state index >= 15 is 0 Å². The van der Waals surface area contributed by atoms with Crippen molar-refractivity contribution < 1.29 is 4.79 Å². The zero-order chi connectivity index (χ0) is 19.2. The van der Waals surface area contributed by atoms with E-state index < -0.39 is 0 Å². The zero-order valence-electron chi connectivity index (χ0n) is 16.3. The molecule has 3 heterocycles. The van der Waals surface area contributed by atoms with Gasteiger partial charge >= 0.3 is 0 Å². The van der Waals surface area contributed by atoms with Crippen LogP contribution in [0.3, 0.4) is 0 Å². The van der Waals surface area contributed by atoms with E-state index in [9.17, 15) is 4.79 Å². The van der Waals surface area contributed by atoms with Crippen molar-refractivity contribution in [2.75, 3.05) is 31.1 Å². The predicted molar refractivity (Wildman–Crippen MR) is 110 cm³/mol. The topological polar surface area (TPSA) is 70.2 Å². The summed E-state index contributed by atoms with van der Waals surface area (Å²) in [5.74, 6) is 1.69. The molecule has 2 aliphatic heterocycles. The molecular weight excluding hydrogens is 350 g/mol. The van der Waals surface area contributed by atoms with Crippen molar-refractivity contribution in [2.45, 2.75) is 38.1 Å². The maximum atomic E-state index is 12.8. The summed E-state index contributed by atoms with van der Waals surface area (Å²) in [7, 11) is 0. The first kappa shape index (κ1) is 18.9. The van der Waals surface area contributed by atoms with Crippen LogP contribution in [0.5, 0.6) is 0 Å². The van der Waals surface area contributed by atoms with Gasteiger partial charge in [-0.15, -0.1) is 0 Å². The smallest absolute Gasteiger partial charge is 0.251 e. The van der Waals surface area contributed by atoms with Crippen LogP contribution in [0.2, 0.25) is 0 Å². The van der Waals surface area contributed by atoms with E-state index in [-0.39, 0.29) is 11.9 Å². The highest BCUT2D eigenvalue weighted by Crippen LogP contribution is 2.20. The summed E-state index contributed by atoms with van der Waals surface area (Å²) >= 11 is 0. The Kier molecular flexibility index (Phi) is 6.17. The Morgan fingerprint density at radius 2 is 1.96 bits per heavy atom. The normalized spacial score (nSPS) is 18.8. The number of carbonyl (C=O) groups is 1. The average molecular weight is 380 g/mol. The van der Waals surface area contributed by atoms with Crippen molar-refractivity contribution in [3.05, 3.63) is 54.0 Å². The van der Waals surface area contributed by atoms with E-state index in [1.54, 1.807) is 18.6 Å². The van der Waals surface area contributed by atoms with Gasteiger partial charge in [0.25, 0.3) is 5.91 Å². The van der Waals surface area contributed by atoms with Gasteiger partial charge in [0.15, 0.2) is 0 Å². The summed E-state index contributed by atoms with van der Waals surface area (Å²) in [4.78, 5) is 23.5. The quantitative estimate of drug-likeness (QED) is 0.835. The molecule has 2 aliphatic rings. The molecule has 2 N–H and O–H groups in total. The summed E-state index contributed by atoms with van der Waals surface area (Å²) < 4.78 is 0. The Hall–Kier alpha value is -2.47. The first-order valence-electron chi connectivity index (χ1n) is 10.4. The lowest BCUT2D eigenvalue weighted by atomic mass is 9.90. The monoisotopic (exact) mass is 379 g/mol. The molecule has 0 aliphatic carbocycles. The summed E-state index contributed by atoms with van der Waals surface area (Å²) in [6, 6.07) is 8.39. The van der Waals surface area contributed by atoms with E-state index in [0.717, 1.165) is 62.7 Å². The summed E-state index contributed by atoms with van der Waals surface area (Å²) in [5.41, 5.74) is 2.06. The third-order valence-corrected chi connectivity index (χ3v) is 5.88. The lowest BCUT2D eigenvalue weighted by Crippen LogP contribution is -2.45. The Morgan fingerprint density at radius 1 is 1.14 bits per heavy atom. The molecule has 0 atom stereocenters. The van der Waals surface area contributed by atoms with Crippen molar-refractivity contribution >= 4 is 11.7 Å². The Morgan fingerprint density at radius 3 is 2.71 bits per heavy atom. The Bertz CT molecular complexity index is 768. The summed E-state index contributed by atoms with van der Waals surface area (Å²) in [5, 5.41) is 6.64. The molecule has 6 heteroatoms. The molecule has 148 valence electrons. The van der Waals surface area contributed by atoms with Gasteiger partial charge in [-0.05, 0) is 68.8 Å². The standard InChI is InChI=1S/C22H29N5O/c28-22(19-3-1-2-18(15-19)14-17-4-8-23-9-5-17)26-20-6-12-27(13-7-20)21-16-24-10-11-25-21/h1-3,10-11,15-17,20,23H,4-9,12-14H2,(H,26,28). The van der Waals surface area contributed by atoms with Crippen molar-refractivity contribution in [1.29, 1.82) is 0 Å². The second kappa shape index (κ2) is 9.15. The zero-order valence-corrected chi connectivity index (χ0v) is 16.3. The van der Waals surface area contributed by atoms with E-state index in [1.807, 2.05) is 12.1 Å². The number of anilines is 1. The molecule has 4 rings (SSSR count). The number of aromatic nitrogens is 2. The van der Waals surface area contributed by atoms with Crippen molar-refractivity contribution in [1.82, 2.24) is 20.6 Å². The molecule has 0 spiro atoms. The lowest BCUT2D eigenvalue weighted by molar-refractivity contribution is 0.0931. The summed E-state index contributed by atoms with van der Waals surface area (Å²) in [6.45, 7) is 4.00. The van der Waals surface area contributed by atoms with Gasteiger partial charge in [-0.25, -0.2) is 4.98 Å². The van der Waals surface area contributed by atoms with Crippen LogP contribution in [0.1, 0.15) is 41.6 Å². The van der Waals surface area contributed by atoms with Crippen LogP contribution >= 0.6 is 0 Å². The minimum atomic E-state index is 0.0464. The molecule has 0 radical (unpaired) electrons. The van der Waals surface area contributed by atoms with Gasteiger partial charge in [0.2, 0.25) is 0 Å². The second-order valence-corrected chi connectivity index (χ2v) is 7.90. The Labute approximate surface area is 166 Å². The maximum Gasteiger partial charge on any atom is 0.251 e. The number of piperidine rings is 2. The average Bonchev–Trinajstić information content (AvgIpc) is 2.76. The molecule has 0 bridgehead atoms. The third kappa shape index (κ3) is 4.87. The fraction of sp³-hybridized carbons (Fsp3) is 0.500. The number of nitrogens with zero attached hydrogens (tertiary/aromatic N) is 3. The fourth-order valence-corrected chi connectivity index (χ4v) is 4.23. The van der Waals surface area contributed by atoms with Crippen LogP contribution in [0.4, 0.5) is 5.82 Å². The number of nitrogens with one attached hydrogen (secondary N) is 2. The molecule has 2 aromatic rings. The van der Waals surface area contributed by atoms with Crippen molar-refractivity contribution in [2.24, 2.45) is 5.92 Å². The molecule has 1 amide bonds. The number of hydrogen-bond donors (Lipinski definition) is 2. The van der Waals surface area contributed by atoms with Crippen LogP contribution in [0, 0.1) is 5.92 Å². The maximum absolute atomic E-state index is 12.8. The Balaban J connectivity index is 1.30. The number of benzene rings is 1. The van der Waals surface area contributed by atoms with Crippen LogP contribution in [0.15, 0.2) is 42.9 Å². The minimum absolute atomic E-state index is 0.0464.